The summed E-state index contributed by atoms with van der Waals surface area (Å²) in [5.41, 5.74) is 0.341. The number of nitrogens with zero attached hydrogens (tertiary/aromatic N) is 1. The Morgan fingerprint density at radius 2 is 2.43 bits per heavy atom. The third-order valence-electron chi connectivity index (χ3n) is 1.61. The van der Waals surface area contributed by atoms with Crippen molar-refractivity contribution in [2.75, 3.05) is 6.61 Å². The molecule has 76 valence electrons. The standard InChI is InChI=1S/C9H11BrN2O2/c1-6(5-13)12-9(14)8-3-2-7(10)4-11-8/h2-4,6,13H,5H2,1H3,(H,12,14)/t6-/m0/s1. The fourth-order valence-corrected chi connectivity index (χ4v) is 1.09. The molecule has 0 aromatic carbocycles. The minimum atomic E-state index is -0.279. The molecule has 0 aliphatic heterocycles. The molecule has 1 aromatic heterocycles. The minimum absolute atomic E-state index is 0.0811. The van der Waals surface area contributed by atoms with E-state index in [1.54, 1.807) is 25.3 Å². The Bertz CT molecular complexity index is 313. The molecule has 0 unspecified atom stereocenters. The van der Waals surface area contributed by atoms with E-state index in [-0.39, 0.29) is 18.6 Å². The molecule has 0 radical (unpaired) electrons. The van der Waals surface area contributed by atoms with Gasteiger partial charge in [-0.2, -0.15) is 0 Å². The Labute approximate surface area is 90.5 Å². The van der Waals surface area contributed by atoms with Gasteiger partial charge in [-0.25, -0.2) is 4.98 Å². The van der Waals surface area contributed by atoms with Crippen LogP contribution >= 0.6 is 15.9 Å². The third kappa shape index (κ3) is 3.08. The molecule has 0 aliphatic rings. The van der Waals surface area contributed by atoms with Gasteiger partial charge >= 0.3 is 0 Å². The molecule has 14 heavy (non-hydrogen) atoms. The summed E-state index contributed by atoms with van der Waals surface area (Å²) in [6, 6.07) is 3.10. The van der Waals surface area contributed by atoms with Crippen LogP contribution in [0.5, 0.6) is 0 Å². The van der Waals surface area contributed by atoms with E-state index in [9.17, 15) is 4.79 Å². The summed E-state index contributed by atoms with van der Waals surface area (Å²) >= 11 is 3.22. The van der Waals surface area contributed by atoms with Gasteiger partial charge in [0.2, 0.25) is 0 Å². The van der Waals surface area contributed by atoms with Gasteiger partial charge in [-0.3, -0.25) is 4.79 Å². The molecule has 0 fully saturated rings. The van der Waals surface area contributed by atoms with E-state index < -0.39 is 0 Å². The quantitative estimate of drug-likeness (QED) is 0.849. The number of pyridine rings is 1. The van der Waals surface area contributed by atoms with Crippen LogP contribution in [0.3, 0.4) is 0 Å². The average molecular weight is 259 g/mol. The summed E-state index contributed by atoms with van der Waals surface area (Å²) in [6.45, 7) is 1.64. The first-order chi connectivity index (χ1) is 6.63. The number of carbonyl (C=O) groups is 1. The molecule has 4 nitrogen and oxygen atoms in total. The number of hydrogen-bond donors (Lipinski definition) is 2. The highest BCUT2D eigenvalue weighted by molar-refractivity contribution is 9.10. The van der Waals surface area contributed by atoms with Gasteiger partial charge < -0.3 is 10.4 Å². The first-order valence-corrected chi connectivity index (χ1v) is 4.96. The van der Waals surface area contributed by atoms with Crippen molar-refractivity contribution < 1.29 is 9.90 Å². The number of nitrogens with one attached hydrogen (secondary N) is 1. The molecular formula is C9H11BrN2O2. The topological polar surface area (TPSA) is 62.2 Å². The van der Waals surface area contributed by atoms with Crippen LogP contribution in [0.2, 0.25) is 0 Å². The molecule has 2 N–H and O–H groups in total. The number of aliphatic hydroxyl groups is 1. The molecule has 0 aliphatic carbocycles. The van der Waals surface area contributed by atoms with Gasteiger partial charge in [0.25, 0.3) is 5.91 Å². The van der Waals surface area contributed by atoms with Gasteiger partial charge in [0.05, 0.1) is 6.61 Å². The Morgan fingerprint density at radius 1 is 1.71 bits per heavy atom. The lowest BCUT2D eigenvalue weighted by Gasteiger charge is -2.09. The molecule has 5 heteroatoms. The smallest absolute Gasteiger partial charge is 0.270 e. The Hall–Kier alpha value is -0.940. The van der Waals surface area contributed by atoms with Crippen LogP contribution in [0.4, 0.5) is 0 Å². The summed E-state index contributed by atoms with van der Waals surface area (Å²) in [5, 5.41) is 11.3. The van der Waals surface area contributed by atoms with Crippen molar-refractivity contribution in [1.29, 1.82) is 0 Å². The molecule has 1 amide bonds. The van der Waals surface area contributed by atoms with Crippen molar-refractivity contribution in [3.05, 3.63) is 28.5 Å². The van der Waals surface area contributed by atoms with Gasteiger partial charge in [0.15, 0.2) is 0 Å². The van der Waals surface area contributed by atoms with E-state index in [0.717, 1.165) is 4.47 Å². The van der Waals surface area contributed by atoms with Crippen molar-refractivity contribution in [2.24, 2.45) is 0 Å². The monoisotopic (exact) mass is 258 g/mol. The number of aliphatic hydroxyl groups excluding tert-OH is 1. The molecule has 0 spiro atoms. The number of aromatic nitrogens is 1. The van der Waals surface area contributed by atoms with E-state index in [2.05, 4.69) is 26.2 Å². The maximum absolute atomic E-state index is 11.4. The summed E-state index contributed by atoms with van der Waals surface area (Å²) in [5.74, 6) is -0.279. The number of amides is 1. The summed E-state index contributed by atoms with van der Waals surface area (Å²) < 4.78 is 0.823. The van der Waals surface area contributed by atoms with Gasteiger partial charge in [-0.05, 0) is 35.0 Å². The van der Waals surface area contributed by atoms with Gasteiger partial charge in [0, 0.05) is 16.7 Å². The number of hydrogen-bond acceptors (Lipinski definition) is 3. The van der Waals surface area contributed by atoms with Crippen LogP contribution in [0.1, 0.15) is 17.4 Å². The molecule has 1 rings (SSSR count). The molecular weight excluding hydrogens is 248 g/mol. The second-order valence-electron chi connectivity index (χ2n) is 2.92. The number of halogens is 1. The van der Waals surface area contributed by atoms with Crippen molar-refractivity contribution in [1.82, 2.24) is 10.3 Å². The van der Waals surface area contributed by atoms with Crippen molar-refractivity contribution in [3.8, 4) is 0 Å². The van der Waals surface area contributed by atoms with Crippen molar-refractivity contribution in [3.63, 3.8) is 0 Å². The molecule has 1 heterocycles. The van der Waals surface area contributed by atoms with E-state index in [1.165, 1.54) is 0 Å². The lowest BCUT2D eigenvalue weighted by Crippen LogP contribution is -2.35. The van der Waals surface area contributed by atoms with Crippen LogP contribution in [0.25, 0.3) is 0 Å². The Kier molecular flexibility index (Phi) is 4.03. The second-order valence-corrected chi connectivity index (χ2v) is 3.83. The predicted octanol–water partition coefficient (Wildman–Crippen LogP) is 0.955. The van der Waals surface area contributed by atoms with Crippen molar-refractivity contribution in [2.45, 2.75) is 13.0 Å². The maximum atomic E-state index is 11.4. The lowest BCUT2D eigenvalue weighted by atomic mass is 10.3. The zero-order chi connectivity index (χ0) is 10.6. The van der Waals surface area contributed by atoms with Gasteiger partial charge in [0.1, 0.15) is 5.69 Å². The number of rotatable bonds is 3. The zero-order valence-corrected chi connectivity index (χ0v) is 9.28. The molecule has 0 bridgehead atoms. The summed E-state index contributed by atoms with van der Waals surface area (Å²) in [6.07, 6.45) is 1.55. The zero-order valence-electron chi connectivity index (χ0n) is 7.70. The Morgan fingerprint density at radius 3 is 2.93 bits per heavy atom. The fraction of sp³-hybridized carbons (Fsp3) is 0.333. The van der Waals surface area contributed by atoms with Gasteiger partial charge in [-0.1, -0.05) is 0 Å². The molecule has 1 atom stereocenters. The van der Waals surface area contributed by atoms with E-state index in [1.807, 2.05) is 0 Å². The van der Waals surface area contributed by atoms with Crippen LogP contribution in [-0.4, -0.2) is 28.6 Å². The summed E-state index contributed by atoms with van der Waals surface area (Å²) in [7, 11) is 0. The highest BCUT2D eigenvalue weighted by Crippen LogP contribution is 2.07. The fourth-order valence-electron chi connectivity index (χ4n) is 0.854. The first-order valence-electron chi connectivity index (χ1n) is 4.16. The molecule has 0 saturated heterocycles. The largest absolute Gasteiger partial charge is 0.394 e. The maximum Gasteiger partial charge on any atom is 0.270 e. The van der Waals surface area contributed by atoms with Crippen LogP contribution in [0, 0.1) is 0 Å². The lowest BCUT2D eigenvalue weighted by molar-refractivity contribution is 0.0917. The number of carbonyl (C=O) groups excluding carboxylic acids is 1. The highest BCUT2D eigenvalue weighted by atomic mass is 79.9. The van der Waals surface area contributed by atoms with Crippen LogP contribution < -0.4 is 5.32 Å². The SMILES string of the molecule is C[C@@H](CO)NC(=O)c1ccc(Br)cn1. The van der Waals surface area contributed by atoms with E-state index in [0.29, 0.717) is 5.69 Å². The predicted molar refractivity (Wildman–Crippen MR) is 56.0 cm³/mol. The van der Waals surface area contributed by atoms with Crippen LogP contribution in [-0.2, 0) is 0 Å². The minimum Gasteiger partial charge on any atom is -0.394 e. The second kappa shape index (κ2) is 5.07. The molecule has 1 aromatic rings. The van der Waals surface area contributed by atoms with E-state index in [4.69, 9.17) is 5.11 Å². The van der Waals surface area contributed by atoms with E-state index >= 15 is 0 Å². The van der Waals surface area contributed by atoms with Crippen LogP contribution in [0.15, 0.2) is 22.8 Å². The normalized spacial score (nSPS) is 12.2. The summed E-state index contributed by atoms with van der Waals surface area (Å²) in [4.78, 5) is 15.4. The Balaban J connectivity index is 2.65. The van der Waals surface area contributed by atoms with Gasteiger partial charge in [-0.15, -0.1) is 0 Å². The first kappa shape index (κ1) is 11.1. The average Bonchev–Trinajstić information content (AvgIpc) is 2.18. The third-order valence-corrected chi connectivity index (χ3v) is 2.08. The van der Waals surface area contributed by atoms with Crippen molar-refractivity contribution >= 4 is 21.8 Å². The highest BCUT2D eigenvalue weighted by Gasteiger charge is 2.09. The molecule has 0 saturated carbocycles.